The van der Waals surface area contributed by atoms with Gasteiger partial charge in [0, 0.05) is 23.4 Å². The number of nitrogen functional groups attached to an aromatic ring is 1. The number of nitrogens with zero attached hydrogens (tertiary/aromatic N) is 1. The first-order valence-corrected chi connectivity index (χ1v) is 13.8. The number of nitrogens with one attached hydrogen (secondary N) is 3. The summed E-state index contributed by atoms with van der Waals surface area (Å²) in [6.07, 6.45) is 5.66. The van der Waals surface area contributed by atoms with Crippen molar-refractivity contribution in [2.45, 2.75) is 37.0 Å². The van der Waals surface area contributed by atoms with Gasteiger partial charge in [-0.3, -0.25) is 10.8 Å². The molecule has 0 spiro atoms. The van der Waals surface area contributed by atoms with E-state index in [-0.39, 0.29) is 16.8 Å². The number of hydrogen-bond acceptors (Lipinski definition) is 5. The first-order valence-electron chi connectivity index (χ1n) is 12.2. The molecule has 9 nitrogen and oxygen atoms in total. The smallest absolute Gasteiger partial charge is 0.340 e. The maximum atomic E-state index is 13.3. The fourth-order valence-corrected chi connectivity index (χ4v) is 5.36. The zero-order chi connectivity index (χ0) is 26.4. The number of amidine groups is 1. The lowest BCUT2D eigenvalue weighted by Crippen LogP contribution is -2.43. The Balaban J connectivity index is 1.53. The number of urea groups is 1. The Labute approximate surface area is 217 Å². The highest BCUT2D eigenvalue weighted by Gasteiger charge is 2.22. The third-order valence-corrected chi connectivity index (χ3v) is 7.46. The van der Waals surface area contributed by atoms with Crippen molar-refractivity contribution >= 4 is 33.3 Å². The highest BCUT2D eigenvalue weighted by Crippen LogP contribution is 2.28. The predicted molar refractivity (Wildman–Crippen MR) is 147 cm³/mol. The molecule has 37 heavy (non-hydrogen) atoms. The molecule has 1 aliphatic rings. The SMILES string of the molecule is N=C(N)c1cccc(NN(CC2CCCCC2)C(=O)Nc2ccc(-c3ccccc3S(N)(=O)=O)cc2)c1. The third kappa shape index (κ3) is 6.87. The average molecular weight is 521 g/mol. The number of primary sulfonamides is 1. The molecule has 1 fully saturated rings. The number of hydrazine groups is 1. The van der Waals surface area contributed by atoms with Crippen LogP contribution in [0.4, 0.5) is 16.2 Å². The highest BCUT2D eigenvalue weighted by atomic mass is 32.2. The first-order chi connectivity index (χ1) is 17.7. The minimum Gasteiger partial charge on any atom is -0.384 e. The maximum Gasteiger partial charge on any atom is 0.340 e. The summed E-state index contributed by atoms with van der Waals surface area (Å²) in [5, 5.41) is 17.6. The van der Waals surface area contributed by atoms with Gasteiger partial charge in [-0.25, -0.2) is 23.4 Å². The topological polar surface area (TPSA) is 154 Å². The predicted octanol–water partition coefficient (Wildman–Crippen LogP) is 4.73. The van der Waals surface area contributed by atoms with Crippen LogP contribution in [-0.4, -0.2) is 31.8 Å². The van der Waals surface area contributed by atoms with Gasteiger partial charge in [-0.1, -0.05) is 61.7 Å². The lowest BCUT2D eigenvalue weighted by atomic mass is 9.89. The van der Waals surface area contributed by atoms with Crippen LogP contribution in [-0.2, 0) is 10.0 Å². The minimum atomic E-state index is -3.88. The third-order valence-electron chi connectivity index (χ3n) is 6.49. The standard InChI is InChI=1S/C27H32N6O3S/c28-26(29)21-9-6-10-23(17-21)32-33(18-19-7-2-1-3-8-19)27(34)31-22-15-13-20(14-16-22)24-11-4-5-12-25(24)37(30,35)36/h4-6,9-17,19,32H,1-3,7-8,18H2,(H3,28,29)(H,31,34)(H2,30,35,36). The molecule has 194 valence electrons. The molecule has 10 heteroatoms. The zero-order valence-electron chi connectivity index (χ0n) is 20.5. The monoisotopic (exact) mass is 520 g/mol. The molecule has 0 atom stereocenters. The van der Waals surface area contributed by atoms with Crippen LogP contribution in [0.15, 0.2) is 77.7 Å². The van der Waals surface area contributed by atoms with Gasteiger partial charge in [0.1, 0.15) is 5.84 Å². The van der Waals surface area contributed by atoms with Gasteiger partial charge in [-0.2, -0.15) is 0 Å². The molecule has 2 amide bonds. The summed E-state index contributed by atoms with van der Waals surface area (Å²) in [4.78, 5) is 13.4. The van der Waals surface area contributed by atoms with Gasteiger partial charge < -0.3 is 11.1 Å². The van der Waals surface area contributed by atoms with Crippen molar-refractivity contribution in [1.82, 2.24) is 5.01 Å². The Morgan fingerprint density at radius 2 is 1.65 bits per heavy atom. The number of rotatable bonds is 8. The van der Waals surface area contributed by atoms with Gasteiger partial charge in [-0.05, 0) is 54.7 Å². The molecule has 0 radical (unpaired) electrons. The van der Waals surface area contributed by atoms with Crippen LogP contribution in [0.1, 0.15) is 37.7 Å². The van der Waals surface area contributed by atoms with E-state index in [1.54, 1.807) is 65.7 Å². The summed E-state index contributed by atoms with van der Waals surface area (Å²) >= 11 is 0. The molecule has 0 unspecified atom stereocenters. The van der Waals surface area contributed by atoms with Gasteiger partial charge in [-0.15, -0.1) is 0 Å². The molecule has 7 N–H and O–H groups in total. The number of hydrogen-bond donors (Lipinski definition) is 5. The molecule has 3 aromatic rings. The maximum absolute atomic E-state index is 13.3. The summed E-state index contributed by atoms with van der Waals surface area (Å²) in [6, 6.07) is 20.2. The second-order valence-electron chi connectivity index (χ2n) is 9.27. The van der Waals surface area contributed by atoms with E-state index in [9.17, 15) is 13.2 Å². The van der Waals surface area contributed by atoms with E-state index in [1.165, 1.54) is 12.5 Å². The Kier molecular flexibility index (Phi) is 8.10. The van der Waals surface area contributed by atoms with Crippen LogP contribution >= 0.6 is 0 Å². The van der Waals surface area contributed by atoms with Crippen LogP contribution in [0.5, 0.6) is 0 Å². The van der Waals surface area contributed by atoms with Crippen LogP contribution in [0.3, 0.4) is 0 Å². The van der Waals surface area contributed by atoms with E-state index in [0.717, 1.165) is 25.7 Å². The van der Waals surface area contributed by atoms with Crippen molar-refractivity contribution in [3.8, 4) is 11.1 Å². The number of carbonyl (C=O) groups is 1. The lowest BCUT2D eigenvalue weighted by molar-refractivity contribution is 0.204. The fraction of sp³-hybridized carbons (Fsp3) is 0.259. The van der Waals surface area contributed by atoms with Crippen molar-refractivity contribution in [2.75, 3.05) is 17.3 Å². The molecule has 0 aromatic heterocycles. The Morgan fingerprint density at radius 3 is 2.32 bits per heavy atom. The van der Waals surface area contributed by atoms with E-state index in [1.807, 2.05) is 6.07 Å². The molecule has 0 bridgehead atoms. The van der Waals surface area contributed by atoms with Gasteiger partial charge in [0.05, 0.1) is 10.6 Å². The largest absolute Gasteiger partial charge is 0.384 e. The Morgan fingerprint density at radius 1 is 0.946 bits per heavy atom. The van der Waals surface area contributed by atoms with Gasteiger partial charge in [0.2, 0.25) is 10.0 Å². The Hall–Kier alpha value is -3.89. The summed E-state index contributed by atoms with van der Waals surface area (Å²) in [5.41, 5.74) is 11.8. The van der Waals surface area contributed by atoms with Crippen molar-refractivity contribution in [2.24, 2.45) is 16.8 Å². The van der Waals surface area contributed by atoms with E-state index in [2.05, 4.69) is 10.7 Å². The van der Waals surface area contributed by atoms with E-state index < -0.39 is 10.0 Å². The molecular formula is C27H32N6O3S. The average Bonchev–Trinajstić information content (AvgIpc) is 2.89. The lowest BCUT2D eigenvalue weighted by Gasteiger charge is -2.30. The van der Waals surface area contributed by atoms with E-state index >= 15 is 0 Å². The van der Waals surface area contributed by atoms with Gasteiger partial charge in [0.15, 0.2) is 0 Å². The van der Waals surface area contributed by atoms with E-state index in [0.29, 0.717) is 40.5 Å². The molecule has 0 saturated heterocycles. The number of nitrogens with two attached hydrogens (primary N) is 2. The fourth-order valence-electron chi connectivity index (χ4n) is 4.60. The first kappa shape index (κ1) is 26.2. The molecule has 0 heterocycles. The van der Waals surface area contributed by atoms with Gasteiger partial charge in [0.25, 0.3) is 0 Å². The molecule has 3 aromatic carbocycles. The van der Waals surface area contributed by atoms with Crippen molar-refractivity contribution in [3.05, 3.63) is 78.4 Å². The summed E-state index contributed by atoms with van der Waals surface area (Å²) < 4.78 is 24.0. The van der Waals surface area contributed by atoms with Crippen LogP contribution < -0.4 is 21.6 Å². The quantitative estimate of drug-likeness (QED) is 0.165. The van der Waals surface area contributed by atoms with Gasteiger partial charge >= 0.3 is 6.03 Å². The summed E-state index contributed by atoms with van der Waals surface area (Å²) in [5.74, 6) is 0.344. The second kappa shape index (κ2) is 11.4. The normalized spacial score (nSPS) is 14.1. The van der Waals surface area contributed by atoms with Crippen molar-refractivity contribution in [3.63, 3.8) is 0 Å². The van der Waals surface area contributed by atoms with Crippen LogP contribution in [0, 0.1) is 11.3 Å². The number of amides is 2. The number of sulfonamides is 1. The minimum absolute atomic E-state index is 0.0439. The highest BCUT2D eigenvalue weighted by molar-refractivity contribution is 7.89. The van der Waals surface area contributed by atoms with Crippen molar-refractivity contribution < 1.29 is 13.2 Å². The molecule has 1 saturated carbocycles. The molecular weight excluding hydrogens is 488 g/mol. The summed E-state index contributed by atoms with van der Waals surface area (Å²) in [7, 11) is -3.88. The van der Waals surface area contributed by atoms with Crippen molar-refractivity contribution in [1.29, 1.82) is 5.41 Å². The Bertz CT molecular complexity index is 1370. The number of anilines is 2. The number of benzene rings is 3. The zero-order valence-corrected chi connectivity index (χ0v) is 21.3. The molecule has 4 rings (SSSR count). The second-order valence-corrected chi connectivity index (χ2v) is 10.8. The molecule has 1 aliphatic carbocycles. The molecule has 0 aliphatic heterocycles. The van der Waals surface area contributed by atoms with E-state index in [4.69, 9.17) is 16.3 Å². The van der Waals surface area contributed by atoms with Crippen LogP contribution in [0.2, 0.25) is 0 Å². The van der Waals surface area contributed by atoms with Crippen LogP contribution in [0.25, 0.3) is 11.1 Å². The number of carbonyl (C=O) groups excluding carboxylic acids is 1. The summed E-state index contributed by atoms with van der Waals surface area (Å²) in [6.45, 7) is 0.538.